The summed E-state index contributed by atoms with van der Waals surface area (Å²) in [6.07, 6.45) is 5.42. The number of ether oxygens (including phenoxy) is 1. The molecule has 110 valence electrons. The second-order valence-electron chi connectivity index (χ2n) is 6.17. The zero-order valence-corrected chi connectivity index (χ0v) is 12.4. The maximum absolute atomic E-state index is 11.5. The van der Waals surface area contributed by atoms with E-state index in [1.807, 2.05) is 0 Å². The highest BCUT2D eigenvalue weighted by molar-refractivity contribution is 5.60. The van der Waals surface area contributed by atoms with Gasteiger partial charge in [0, 0.05) is 31.2 Å². The van der Waals surface area contributed by atoms with E-state index in [9.17, 15) is 4.79 Å². The molecular formula is C15H28N2O2. The first-order valence-electron chi connectivity index (χ1n) is 7.66. The van der Waals surface area contributed by atoms with Gasteiger partial charge in [-0.2, -0.15) is 0 Å². The Morgan fingerprint density at radius 1 is 1.32 bits per heavy atom. The summed E-state index contributed by atoms with van der Waals surface area (Å²) in [5.41, 5.74) is -0.158. The lowest BCUT2D eigenvalue weighted by atomic mass is 9.81. The SMILES string of the molecule is CCN1CCC(N(C)CC2(C=O)CCOCC2)CC1. The van der Waals surface area contributed by atoms with Crippen LogP contribution in [0.2, 0.25) is 0 Å². The van der Waals surface area contributed by atoms with Crippen molar-refractivity contribution in [3.63, 3.8) is 0 Å². The van der Waals surface area contributed by atoms with Gasteiger partial charge < -0.3 is 19.3 Å². The number of rotatable bonds is 5. The number of aldehydes is 1. The van der Waals surface area contributed by atoms with Gasteiger partial charge in [0.05, 0.1) is 0 Å². The molecule has 0 unspecified atom stereocenters. The minimum Gasteiger partial charge on any atom is -0.381 e. The molecule has 2 aliphatic rings. The molecule has 2 aliphatic heterocycles. The van der Waals surface area contributed by atoms with Crippen molar-refractivity contribution < 1.29 is 9.53 Å². The number of hydrogen-bond acceptors (Lipinski definition) is 4. The molecule has 0 amide bonds. The Bertz CT molecular complexity index is 282. The minimum absolute atomic E-state index is 0.158. The van der Waals surface area contributed by atoms with Crippen molar-refractivity contribution in [2.24, 2.45) is 5.41 Å². The van der Waals surface area contributed by atoms with Gasteiger partial charge in [0.15, 0.2) is 0 Å². The van der Waals surface area contributed by atoms with E-state index in [0.29, 0.717) is 6.04 Å². The Morgan fingerprint density at radius 3 is 2.47 bits per heavy atom. The number of nitrogens with zero attached hydrogens (tertiary/aromatic N) is 2. The van der Waals surface area contributed by atoms with Crippen molar-refractivity contribution in [1.82, 2.24) is 9.80 Å². The normalized spacial score (nSPS) is 25.6. The minimum atomic E-state index is -0.158. The van der Waals surface area contributed by atoms with Crippen LogP contribution < -0.4 is 0 Å². The molecule has 0 atom stereocenters. The molecule has 2 heterocycles. The largest absolute Gasteiger partial charge is 0.381 e. The summed E-state index contributed by atoms with van der Waals surface area (Å²) in [6, 6.07) is 0.641. The van der Waals surface area contributed by atoms with Gasteiger partial charge >= 0.3 is 0 Å². The Kier molecular flexibility index (Phi) is 5.37. The van der Waals surface area contributed by atoms with Gasteiger partial charge in [-0.1, -0.05) is 6.92 Å². The molecule has 2 saturated heterocycles. The van der Waals surface area contributed by atoms with Crippen molar-refractivity contribution >= 4 is 6.29 Å². The summed E-state index contributed by atoms with van der Waals surface area (Å²) in [4.78, 5) is 16.4. The van der Waals surface area contributed by atoms with E-state index < -0.39 is 0 Å². The maximum atomic E-state index is 11.5. The molecule has 0 bridgehead atoms. The first-order valence-corrected chi connectivity index (χ1v) is 7.66. The fourth-order valence-electron chi connectivity index (χ4n) is 3.39. The highest BCUT2D eigenvalue weighted by atomic mass is 16.5. The van der Waals surface area contributed by atoms with Crippen LogP contribution in [0.4, 0.5) is 0 Å². The molecule has 0 aromatic rings. The Balaban J connectivity index is 1.85. The third-order valence-corrected chi connectivity index (χ3v) is 4.93. The van der Waals surface area contributed by atoms with Crippen molar-refractivity contribution in [2.75, 3.05) is 46.4 Å². The van der Waals surface area contributed by atoms with Crippen LogP contribution in [0.5, 0.6) is 0 Å². The number of likely N-dealkylation sites (tertiary alicyclic amines) is 1. The van der Waals surface area contributed by atoms with Gasteiger partial charge in [-0.3, -0.25) is 0 Å². The Morgan fingerprint density at radius 2 is 1.95 bits per heavy atom. The highest BCUT2D eigenvalue weighted by Crippen LogP contribution is 2.30. The molecule has 0 spiro atoms. The molecule has 2 rings (SSSR count). The van der Waals surface area contributed by atoms with Crippen LogP contribution >= 0.6 is 0 Å². The predicted molar refractivity (Wildman–Crippen MR) is 76.3 cm³/mol. The third-order valence-electron chi connectivity index (χ3n) is 4.93. The average Bonchev–Trinajstić information content (AvgIpc) is 2.48. The van der Waals surface area contributed by atoms with Gasteiger partial charge in [-0.25, -0.2) is 0 Å². The molecule has 0 N–H and O–H groups in total. The molecule has 0 saturated carbocycles. The summed E-state index contributed by atoms with van der Waals surface area (Å²) in [7, 11) is 2.19. The monoisotopic (exact) mass is 268 g/mol. The number of carbonyl (C=O) groups is 1. The summed E-state index contributed by atoms with van der Waals surface area (Å²) in [6.45, 7) is 8.16. The molecule has 4 nitrogen and oxygen atoms in total. The summed E-state index contributed by atoms with van der Waals surface area (Å²) in [5.74, 6) is 0. The van der Waals surface area contributed by atoms with Crippen LogP contribution in [-0.2, 0) is 9.53 Å². The average molecular weight is 268 g/mol. The van der Waals surface area contributed by atoms with Gasteiger partial charge in [0.25, 0.3) is 0 Å². The fourth-order valence-corrected chi connectivity index (χ4v) is 3.39. The van der Waals surface area contributed by atoms with Crippen LogP contribution in [0.25, 0.3) is 0 Å². The smallest absolute Gasteiger partial charge is 0.127 e. The molecule has 4 heteroatoms. The van der Waals surface area contributed by atoms with Gasteiger partial charge in [0.1, 0.15) is 6.29 Å². The van der Waals surface area contributed by atoms with E-state index in [2.05, 4.69) is 23.8 Å². The zero-order chi connectivity index (χ0) is 13.7. The molecule has 2 fully saturated rings. The van der Waals surface area contributed by atoms with E-state index in [4.69, 9.17) is 4.74 Å². The molecule has 0 aromatic heterocycles. The maximum Gasteiger partial charge on any atom is 0.127 e. The van der Waals surface area contributed by atoms with Crippen molar-refractivity contribution in [2.45, 2.75) is 38.6 Å². The van der Waals surface area contributed by atoms with Crippen molar-refractivity contribution in [1.29, 1.82) is 0 Å². The molecular weight excluding hydrogens is 240 g/mol. The van der Waals surface area contributed by atoms with Crippen LogP contribution in [0.3, 0.4) is 0 Å². The van der Waals surface area contributed by atoms with E-state index >= 15 is 0 Å². The lowest BCUT2D eigenvalue weighted by Gasteiger charge is -2.41. The van der Waals surface area contributed by atoms with Crippen LogP contribution in [-0.4, -0.2) is 68.6 Å². The quantitative estimate of drug-likeness (QED) is 0.706. The van der Waals surface area contributed by atoms with Gasteiger partial charge in [-0.05, 0) is 52.4 Å². The molecule has 0 radical (unpaired) electrons. The van der Waals surface area contributed by atoms with E-state index in [1.165, 1.54) is 32.2 Å². The summed E-state index contributed by atoms with van der Waals surface area (Å²) in [5, 5.41) is 0. The molecule has 0 aliphatic carbocycles. The second-order valence-corrected chi connectivity index (χ2v) is 6.17. The summed E-state index contributed by atoms with van der Waals surface area (Å²) < 4.78 is 5.40. The van der Waals surface area contributed by atoms with Crippen LogP contribution in [0, 0.1) is 5.41 Å². The number of hydrogen-bond donors (Lipinski definition) is 0. The van der Waals surface area contributed by atoms with Crippen LogP contribution in [0.1, 0.15) is 32.6 Å². The van der Waals surface area contributed by atoms with Crippen LogP contribution in [0.15, 0.2) is 0 Å². The van der Waals surface area contributed by atoms with E-state index in [-0.39, 0.29) is 5.41 Å². The fraction of sp³-hybridized carbons (Fsp3) is 0.933. The van der Waals surface area contributed by atoms with Gasteiger partial charge in [0.2, 0.25) is 0 Å². The highest BCUT2D eigenvalue weighted by Gasteiger charge is 2.35. The van der Waals surface area contributed by atoms with Crippen molar-refractivity contribution in [3.8, 4) is 0 Å². The van der Waals surface area contributed by atoms with E-state index in [0.717, 1.165) is 39.1 Å². The number of carbonyl (C=O) groups excluding carboxylic acids is 1. The summed E-state index contributed by atoms with van der Waals surface area (Å²) >= 11 is 0. The van der Waals surface area contributed by atoms with E-state index in [1.54, 1.807) is 0 Å². The predicted octanol–water partition coefficient (Wildman–Crippen LogP) is 1.40. The lowest BCUT2D eigenvalue weighted by molar-refractivity contribution is -0.123. The Hall–Kier alpha value is -0.450. The topological polar surface area (TPSA) is 32.8 Å². The first-order chi connectivity index (χ1) is 9.19. The Labute approximate surface area is 117 Å². The van der Waals surface area contributed by atoms with Gasteiger partial charge in [-0.15, -0.1) is 0 Å². The first kappa shape index (κ1) is 14.9. The number of piperidine rings is 1. The zero-order valence-electron chi connectivity index (χ0n) is 12.4. The standard InChI is InChI=1S/C15H28N2O2/c1-3-17-8-4-14(5-9-17)16(2)12-15(13-18)6-10-19-11-7-15/h13-14H,3-12H2,1-2H3. The lowest BCUT2D eigenvalue weighted by Crippen LogP contribution is -2.48. The molecule has 0 aromatic carbocycles. The third kappa shape index (κ3) is 3.77. The second kappa shape index (κ2) is 6.82. The molecule has 19 heavy (non-hydrogen) atoms. The van der Waals surface area contributed by atoms with Crippen molar-refractivity contribution in [3.05, 3.63) is 0 Å².